The average molecular weight is 393 g/mol. The van der Waals surface area contributed by atoms with E-state index >= 15 is 0 Å². The number of hydrogen-bond acceptors (Lipinski definition) is 1. The minimum atomic E-state index is 0. The van der Waals surface area contributed by atoms with Crippen molar-refractivity contribution in [2.24, 2.45) is 0 Å². The van der Waals surface area contributed by atoms with Crippen LogP contribution in [-0.4, -0.2) is 34.4 Å². The molecule has 1 aromatic carbocycles. The Labute approximate surface area is 174 Å². The molecular weight excluding hydrogens is 352 g/mol. The monoisotopic (exact) mass is 392 g/mol. The number of unbranched alkanes of at least 4 members (excludes halogenated alkanes) is 9. The number of rotatable bonds is 13. The summed E-state index contributed by atoms with van der Waals surface area (Å²) in [5, 5.41) is 0. The Balaban J connectivity index is 0.00000364. The Kier molecular flexibility index (Phi) is 12.5. The summed E-state index contributed by atoms with van der Waals surface area (Å²) in [6.07, 6.45) is 14.2. The Morgan fingerprint density at radius 2 is 1.44 bits per heavy atom. The maximum absolute atomic E-state index is 2.63. The number of amidine groups is 1. The highest BCUT2D eigenvalue weighted by Crippen LogP contribution is 2.16. The number of halogens is 1. The fourth-order valence-electron chi connectivity index (χ4n) is 4.18. The van der Waals surface area contributed by atoms with Gasteiger partial charge in [-0.25, -0.2) is 0 Å². The van der Waals surface area contributed by atoms with E-state index in [1.165, 1.54) is 88.7 Å². The Morgan fingerprint density at radius 3 is 2.04 bits per heavy atom. The van der Waals surface area contributed by atoms with Crippen molar-refractivity contribution in [2.75, 3.05) is 13.1 Å². The van der Waals surface area contributed by atoms with Crippen LogP contribution in [-0.2, 0) is 6.54 Å². The third-order valence-electron chi connectivity index (χ3n) is 5.86. The molecule has 1 atom stereocenters. The number of hydrogen-bond donors (Lipinski definition) is 0. The molecule has 1 heterocycles. The largest absolute Gasteiger partial charge is 1.00 e. The summed E-state index contributed by atoms with van der Waals surface area (Å²) in [6.45, 7) is 10.4. The van der Waals surface area contributed by atoms with E-state index in [4.69, 9.17) is 0 Å². The third-order valence-corrected chi connectivity index (χ3v) is 5.86. The molecule has 0 amide bonds. The maximum atomic E-state index is 2.63. The van der Waals surface area contributed by atoms with Gasteiger partial charge in [-0.15, -0.1) is 0 Å². The summed E-state index contributed by atoms with van der Waals surface area (Å²) in [7, 11) is 0. The van der Waals surface area contributed by atoms with E-state index in [2.05, 4.69) is 60.6 Å². The third kappa shape index (κ3) is 8.68. The topological polar surface area (TPSA) is 6.25 Å². The summed E-state index contributed by atoms with van der Waals surface area (Å²) in [5.74, 6) is 1.47. The summed E-state index contributed by atoms with van der Waals surface area (Å²) < 4.78 is 2.55. The fourth-order valence-corrected chi connectivity index (χ4v) is 4.18. The van der Waals surface area contributed by atoms with E-state index in [1.807, 2.05) is 0 Å². The molecule has 0 spiro atoms. The van der Waals surface area contributed by atoms with Gasteiger partial charge >= 0.3 is 0 Å². The minimum absolute atomic E-state index is 0. The van der Waals surface area contributed by atoms with Gasteiger partial charge in [-0.05, 0) is 25.3 Å². The first-order valence-electron chi connectivity index (χ1n) is 11.1. The lowest BCUT2D eigenvalue weighted by Gasteiger charge is -2.15. The van der Waals surface area contributed by atoms with Crippen molar-refractivity contribution in [3.05, 3.63) is 35.9 Å². The lowest BCUT2D eigenvalue weighted by molar-refractivity contribution is -0.537. The van der Waals surface area contributed by atoms with Crippen LogP contribution in [0.1, 0.15) is 90.5 Å². The van der Waals surface area contributed by atoms with Crippen LogP contribution in [0.25, 0.3) is 0 Å². The van der Waals surface area contributed by atoms with E-state index < -0.39 is 0 Å². The van der Waals surface area contributed by atoms with E-state index in [9.17, 15) is 0 Å². The molecule has 1 aliphatic rings. The second kappa shape index (κ2) is 14.0. The SMILES string of the molecule is CCCCCCCCCCCCN1C(C)=[N+](Cc2ccccc2)CC1C.[Cl-]. The molecule has 0 aliphatic carbocycles. The fraction of sp³-hybridized carbons (Fsp3) is 0.708. The number of benzene rings is 1. The molecule has 1 unspecified atom stereocenters. The first-order valence-corrected chi connectivity index (χ1v) is 11.1. The predicted octanol–water partition coefficient (Wildman–Crippen LogP) is 3.25. The lowest BCUT2D eigenvalue weighted by Crippen LogP contribution is -3.00. The second-order valence-corrected chi connectivity index (χ2v) is 8.14. The summed E-state index contributed by atoms with van der Waals surface area (Å²) in [4.78, 5) is 2.63. The zero-order valence-corrected chi connectivity index (χ0v) is 18.7. The van der Waals surface area contributed by atoms with Crippen molar-refractivity contribution in [2.45, 2.75) is 97.6 Å². The van der Waals surface area contributed by atoms with Gasteiger partial charge in [-0.3, -0.25) is 9.48 Å². The quantitative estimate of drug-likeness (QED) is 0.369. The van der Waals surface area contributed by atoms with Crippen LogP contribution in [0.15, 0.2) is 30.3 Å². The Bertz CT molecular complexity index is 526. The van der Waals surface area contributed by atoms with Crippen molar-refractivity contribution in [1.29, 1.82) is 0 Å². The van der Waals surface area contributed by atoms with Crippen LogP contribution in [0.3, 0.4) is 0 Å². The summed E-state index contributed by atoms with van der Waals surface area (Å²) >= 11 is 0. The average Bonchev–Trinajstić information content (AvgIpc) is 2.91. The van der Waals surface area contributed by atoms with Crippen LogP contribution in [0.5, 0.6) is 0 Å². The van der Waals surface area contributed by atoms with E-state index in [-0.39, 0.29) is 12.4 Å². The van der Waals surface area contributed by atoms with Crippen LogP contribution < -0.4 is 12.4 Å². The smallest absolute Gasteiger partial charge is 0.244 e. The summed E-state index contributed by atoms with van der Waals surface area (Å²) in [6, 6.07) is 11.5. The Morgan fingerprint density at radius 1 is 0.889 bits per heavy atom. The number of nitrogens with zero attached hydrogens (tertiary/aromatic N) is 2. The highest BCUT2D eigenvalue weighted by Gasteiger charge is 2.32. The van der Waals surface area contributed by atoms with Gasteiger partial charge in [-0.2, -0.15) is 0 Å². The zero-order valence-electron chi connectivity index (χ0n) is 17.9. The first-order chi connectivity index (χ1) is 12.7. The zero-order chi connectivity index (χ0) is 18.6. The summed E-state index contributed by atoms with van der Waals surface area (Å²) in [5.41, 5.74) is 1.42. The van der Waals surface area contributed by atoms with Crippen LogP contribution in [0.2, 0.25) is 0 Å². The van der Waals surface area contributed by atoms with Gasteiger partial charge in [0.25, 0.3) is 0 Å². The van der Waals surface area contributed by atoms with Gasteiger partial charge in [0.1, 0.15) is 19.1 Å². The molecule has 0 N–H and O–H groups in total. The standard InChI is InChI=1S/C24H41N2.ClH/c1-4-5-6-7-8-9-10-11-12-16-19-26-22(2)20-25(23(26)3)21-24-17-14-13-15-18-24;/h13-15,17-18,22H,4-12,16,19-21H2,1-3H3;1H/q+1;/p-1. The molecule has 0 radical (unpaired) electrons. The molecule has 3 heteroatoms. The van der Waals surface area contributed by atoms with Crippen LogP contribution >= 0.6 is 0 Å². The van der Waals surface area contributed by atoms with Crippen molar-refractivity contribution < 1.29 is 17.0 Å². The molecule has 27 heavy (non-hydrogen) atoms. The van der Waals surface area contributed by atoms with E-state index in [1.54, 1.807) is 0 Å². The molecule has 2 nitrogen and oxygen atoms in total. The van der Waals surface area contributed by atoms with Crippen molar-refractivity contribution in [1.82, 2.24) is 4.90 Å². The van der Waals surface area contributed by atoms with Crippen LogP contribution in [0.4, 0.5) is 0 Å². The predicted molar refractivity (Wildman–Crippen MR) is 114 cm³/mol. The molecule has 154 valence electrons. The molecule has 0 fully saturated rings. The molecule has 1 aliphatic heterocycles. The van der Waals surface area contributed by atoms with Gasteiger partial charge in [0.2, 0.25) is 5.84 Å². The van der Waals surface area contributed by atoms with Gasteiger partial charge in [0, 0.05) is 6.92 Å². The van der Waals surface area contributed by atoms with Gasteiger partial charge in [0.05, 0.1) is 6.54 Å². The van der Waals surface area contributed by atoms with Gasteiger partial charge < -0.3 is 12.4 Å². The van der Waals surface area contributed by atoms with Crippen molar-refractivity contribution in [3.8, 4) is 0 Å². The normalized spacial score (nSPS) is 16.7. The highest BCUT2D eigenvalue weighted by molar-refractivity contribution is 5.76. The molecule has 0 aromatic heterocycles. The van der Waals surface area contributed by atoms with Crippen molar-refractivity contribution in [3.63, 3.8) is 0 Å². The van der Waals surface area contributed by atoms with Crippen molar-refractivity contribution >= 4 is 5.84 Å². The molecule has 1 aromatic rings. The van der Waals surface area contributed by atoms with E-state index in [0.29, 0.717) is 6.04 Å². The second-order valence-electron chi connectivity index (χ2n) is 8.14. The minimum Gasteiger partial charge on any atom is -1.00 e. The molecular formula is C24H41ClN2. The molecule has 0 saturated carbocycles. The van der Waals surface area contributed by atoms with Crippen LogP contribution in [0, 0.1) is 0 Å². The van der Waals surface area contributed by atoms with E-state index in [0.717, 1.165) is 6.54 Å². The maximum Gasteiger partial charge on any atom is 0.244 e. The molecule has 2 rings (SSSR count). The highest BCUT2D eigenvalue weighted by atomic mass is 35.5. The van der Waals surface area contributed by atoms with Gasteiger partial charge in [-0.1, -0.05) is 88.6 Å². The van der Waals surface area contributed by atoms with Gasteiger partial charge in [0.15, 0.2) is 0 Å². The first kappa shape index (κ1) is 24.0. The molecule has 0 saturated heterocycles. The Hall–Kier alpha value is -1.02. The molecule has 0 bridgehead atoms. The lowest BCUT2D eigenvalue weighted by atomic mass is 10.1.